The Kier molecular flexibility index (Phi) is 8.11. The highest BCUT2D eigenvalue weighted by atomic mass is 16.2. The Labute approximate surface area is 207 Å². The van der Waals surface area contributed by atoms with Crippen molar-refractivity contribution in [2.24, 2.45) is 0 Å². The van der Waals surface area contributed by atoms with Crippen LogP contribution in [0.15, 0.2) is 72.9 Å². The molecular formula is C28H33N5O2. The Balaban J connectivity index is 1.42. The Morgan fingerprint density at radius 1 is 0.971 bits per heavy atom. The largest absolute Gasteiger partial charge is 0.353 e. The van der Waals surface area contributed by atoms with Crippen molar-refractivity contribution < 1.29 is 9.59 Å². The van der Waals surface area contributed by atoms with Crippen LogP contribution in [0.1, 0.15) is 25.0 Å². The zero-order chi connectivity index (χ0) is 24.6. The number of hydrogen-bond acceptors (Lipinski definition) is 4. The third kappa shape index (κ3) is 6.90. The summed E-state index contributed by atoms with van der Waals surface area (Å²) in [6, 6.07) is 20.4. The molecular weight excluding hydrogens is 438 g/mol. The second-order valence-electron chi connectivity index (χ2n) is 9.14. The van der Waals surface area contributed by atoms with E-state index in [-0.39, 0.29) is 17.9 Å². The van der Waals surface area contributed by atoms with Gasteiger partial charge >= 0.3 is 0 Å². The molecule has 4 rings (SSSR count). The third-order valence-corrected chi connectivity index (χ3v) is 5.93. The van der Waals surface area contributed by atoms with Gasteiger partial charge in [-0.25, -0.2) is 0 Å². The highest BCUT2D eigenvalue weighted by Crippen LogP contribution is 2.23. The SMILES string of the molecule is CC(C)NC(=O)CN1CCN(C(=O)/C=C/c2cn(Cc3ccccc3)nc2-c2ccccc2)CC1. The van der Waals surface area contributed by atoms with Crippen LogP contribution in [0, 0.1) is 0 Å². The molecule has 0 spiro atoms. The van der Waals surface area contributed by atoms with Gasteiger partial charge in [-0.05, 0) is 25.5 Å². The lowest BCUT2D eigenvalue weighted by molar-refractivity contribution is -0.128. The second-order valence-corrected chi connectivity index (χ2v) is 9.14. The van der Waals surface area contributed by atoms with Crippen LogP contribution in [0.25, 0.3) is 17.3 Å². The summed E-state index contributed by atoms with van der Waals surface area (Å²) < 4.78 is 1.92. The topological polar surface area (TPSA) is 70.5 Å². The molecule has 1 aliphatic heterocycles. The summed E-state index contributed by atoms with van der Waals surface area (Å²) in [5.41, 5.74) is 3.94. The van der Waals surface area contributed by atoms with Crippen LogP contribution in [-0.2, 0) is 16.1 Å². The summed E-state index contributed by atoms with van der Waals surface area (Å²) in [5, 5.41) is 7.74. The number of aromatic nitrogens is 2. The molecule has 182 valence electrons. The zero-order valence-corrected chi connectivity index (χ0v) is 20.4. The van der Waals surface area contributed by atoms with Gasteiger partial charge in [0.05, 0.1) is 18.8 Å². The standard InChI is InChI=1S/C28H33N5O2/c1-22(2)29-26(34)21-31-15-17-32(18-16-31)27(35)14-13-25-20-33(19-23-9-5-3-6-10-23)30-28(25)24-11-7-4-8-12-24/h3-14,20,22H,15-19,21H2,1-2H3,(H,29,34)/b14-13+. The lowest BCUT2D eigenvalue weighted by Gasteiger charge is -2.33. The Morgan fingerprint density at radius 2 is 1.63 bits per heavy atom. The van der Waals surface area contributed by atoms with E-state index in [1.807, 2.05) is 84.2 Å². The number of hydrogen-bond donors (Lipinski definition) is 1. The normalized spacial score (nSPS) is 14.5. The Bertz CT molecular complexity index is 1150. The van der Waals surface area contributed by atoms with Crippen LogP contribution in [0.2, 0.25) is 0 Å². The van der Waals surface area contributed by atoms with Crippen molar-refractivity contribution in [2.75, 3.05) is 32.7 Å². The van der Waals surface area contributed by atoms with E-state index in [1.165, 1.54) is 5.56 Å². The number of carbonyl (C=O) groups excluding carboxylic acids is 2. The van der Waals surface area contributed by atoms with Crippen molar-refractivity contribution in [1.29, 1.82) is 0 Å². The van der Waals surface area contributed by atoms with Gasteiger partial charge in [-0.1, -0.05) is 60.7 Å². The van der Waals surface area contributed by atoms with Gasteiger partial charge in [0, 0.05) is 55.6 Å². The van der Waals surface area contributed by atoms with Crippen LogP contribution in [0.4, 0.5) is 0 Å². The molecule has 7 nitrogen and oxygen atoms in total. The lowest BCUT2D eigenvalue weighted by Crippen LogP contribution is -2.51. The molecule has 1 fully saturated rings. The average Bonchev–Trinajstić information content (AvgIpc) is 3.26. The van der Waals surface area contributed by atoms with E-state index < -0.39 is 0 Å². The minimum Gasteiger partial charge on any atom is -0.353 e. The van der Waals surface area contributed by atoms with E-state index >= 15 is 0 Å². The molecule has 1 aromatic heterocycles. The predicted octanol–water partition coefficient (Wildman–Crippen LogP) is 3.28. The van der Waals surface area contributed by atoms with Crippen molar-refractivity contribution in [3.63, 3.8) is 0 Å². The second kappa shape index (κ2) is 11.6. The van der Waals surface area contributed by atoms with Gasteiger partial charge in [0.15, 0.2) is 0 Å². The summed E-state index contributed by atoms with van der Waals surface area (Å²) in [4.78, 5) is 28.8. The van der Waals surface area contributed by atoms with Crippen molar-refractivity contribution in [3.05, 3.63) is 84.1 Å². The monoisotopic (exact) mass is 471 g/mol. The highest BCUT2D eigenvalue weighted by molar-refractivity contribution is 5.93. The maximum atomic E-state index is 12.9. The van der Waals surface area contributed by atoms with Crippen LogP contribution in [-0.4, -0.2) is 70.2 Å². The molecule has 0 radical (unpaired) electrons. The fourth-order valence-electron chi connectivity index (χ4n) is 4.19. The maximum absolute atomic E-state index is 12.9. The molecule has 3 aromatic rings. The highest BCUT2D eigenvalue weighted by Gasteiger charge is 2.21. The van der Waals surface area contributed by atoms with Crippen LogP contribution in [0.3, 0.4) is 0 Å². The first-order chi connectivity index (χ1) is 17.0. The molecule has 0 aliphatic carbocycles. The minimum atomic E-state index is -0.0221. The molecule has 2 aromatic carbocycles. The summed E-state index contributed by atoms with van der Waals surface area (Å²) in [7, 11) is 0. The van der Waals surface area contributed by atoms with Gasteiger partial charge in [0.1, 0.15) is 0 Å². The Morgan fingerprint density at radius 3 is 2.29 bits per heavy atom. The summed E-state index contributed by atoms with van der Waals surface area (Å²) in [5.74, 6) is 0.00623. The first kappa shape index (κ1) is 24.4. The van der Waals surface area contributed by atoms with Crippen molar-refractivity contribution in [1.82, 2.24) is 24.9 Å². The molecule has 0 unspecified atom stereocenters. The fraction of sp³-hybridized carbons (Fsp3) is 0.321. The van der Waals surface area contributed by atoms with E-state index in [4.69, 9.17) is 5.10 Å². The van der Waals surface area contributed by atoms with Crippen LogP contribution < -0.4 is 5.32 Å². The van der Waals surface area contributed by atoms with E-state index in [9.17, 15) is 9.59 Å². The number of nitrogens with one attached hydrogen (secondary N) is 1. The van der Waals surface area contributed by atoms with Crippen molar-refractivity contribution >= 4 is 17.9 Å². The maximum Gasteiger partial charge on any atom is 0.246 e. The predicted molar refractivity (Wildman–Crippen MR) is 139 cm³/mol. The summed E-state index contributed by atoms with van der Waals surface area (Å²) in [6.07, 6.45) is 5.49. The Hall–Kier alpha value is -3.71. The minimum absolute atomic E-state index is 0.0221. The molecule has 0 saturated carbocycles. The lowest BCUT2D eigenvalue weighted by atomic mass is 10.1. The quantitative estimate of drug-likeness (QED) is 0.512. The first-order valence-electron chi connectivity index (χ1n) is 12.1. The summed E-state index contributed by atoms with van der Waals surface area (Å²) >= 11 is 0. The fourth-order valence-corrected chi connectivity index (χ4v) is 4.19. The van der Waals surface area contributed by atoms with Gasteiger partial charge in [0.25, 0.3) is 0 Å². The zero-order valence-electron chi connectivity index (χ0n) is 20.4. The number of benzene rings is 2. The first-order valence-corrected chi connectivity index (χ1v) is 12.1. The van der Waals surface area contributed by atoms with Gasteiger partial charge in [-0.3, -0.25) is 19.2 Å². The van der Waals surface area contributed by atoms with Crippen LogP contribution >= 0.6 is 0 Å². The van der Waals surface area contributed by atoms with E-state index in [0.29, 0.717) is 39.3 Å². The molecule has 0 atom stereocenters. The average molecular weight is 472 g/mol. The molecule has 2 heterocycles. The van der Waals surface area contributed by atoms with E-state index in [0.717, 1.165) is 16.8 Å². The molecule has 1 saturated heterocycles. The number of piperazine rings is 1. The van der Waals surface area contributed by atoms with Gasteiger partial charge in [-0.15, -0.1) is 0 Å². The van der Waals surface area contributed by atoms with Gasteiger partial charge < -0.3 is 10.2 Å². The number of amides is 2. The van der Waals surface area contributed by atoms with Crippen molar-refractivity contribution in [2.45, 2.75) is 26.4 Å². The van der Waals surface area contributed by atoms with E-state index in [1.54, 1.807) is 6.08 Å². The third-order valence-electron chi connectivity index (χ3n) is 5.93. The summed E-state index contributed by atoms with van der Waals surface area (Å²) in [6.45, 7) is 7.54. The van der Waals surface area contributed by atoms with Crippen molar-refractivity contribution in [3.8, 4) is 11.3 Å². The van der Waals surface area contributed by atoms with Crippen LogP contribution in [0.5, 0.6) is 0 Å². The van der Waals surface area contributed by atoms with Gasteiger partial charge in [0.2, 0.25) is 11.8 Å². The number of rotatable bonds is 8. The molecule has 0 bridgehead atoms. The molecule has 1 aliphatic rings. The number of nitrogens with zero attached hydrogens (tertiary/aromatic N) is 4. The van der Waals surface area contributed by atoms with E-state index in [2.05, 4.69) is 22.3 Å². The molecule has 35 heavy (non-hydrogen) atoms. The smallest absolute Gasteiger partial charge is 0.246 e. The molecule has 2 amide bonds. The molecule has 1 N–H and O–H groups in total. The number of carbonyl (C=O) groups is 2. The molecule has 7 heteroatoms. The van der Waals surface area contributed by atoms with Gasteiger partial charge in [-0.2, -0.15) is 5.10 Å².